The molecule has 0 fully saturated rings. The lowest BCUT2D eigenvalue weighted by Gasteiger charge is -2.12. The monoisotopic (exact) mass is 249 g/mol. The van der Waals surface area contributed by atoms with Crippen LogP contribution in [-0.2, 0) is 9.84 Å². The minimum Gasteiger partial charge on any atom is -0.323 e. The zero-order chi connectivity index (χ0) is 12.5. The molecule has 0 aliphatic heterocycles. The molecule has 1 unspecified atom stereocenters. The number of nitrogens with two attached hydrogens (primary N) is 1. The Balaban J connectivity index is 3.10. The van der Waals surface area contributed by atoms with Gasteiger partial charge in [0.1, 0.15) is 9.84 Å². The molecule has 0 radical (unpaired) electrons. The Morgan fingerprint density at radius 1 is 1.31 bits per heavy atom. The van der Waals surface area contributed by atoms with Crippen molar-refractivity contribution in [2.24, 2.45) is 5.73 Å². The Labute approximate surface area is 93.2 Å². The molecule has 0 saturated carbocycles. The predicted molar refractivity (Wildman–Crippen MR) is 57.7 cm³/mol. The van der Waals surface area contributed by atoms with E-state index >= 15 is 0 Å². The molecular weight excluding hydrogens is 236 g/mol. The van der Waals surface area contributed by atoms with Crippen LogP contribution in [0.2, 0.25) is 0 Å². The molecule has 0 heterocycles. The van der Waals surface area contributed by atoms with Crippen molar-refractivity contribution >= 4 is 9.84 Å². The number of halogens is 2. The highest BCUT2D eigenvalue weighted by Gasteiger charge is 2.19. The summed E-state index contributed by atoms with van der Waals surface area (Å²) >= 11 is 0. The Hall–Kier alpha value is -1.01. The number of hydrogen-bond donors (Lipinski definition) is 1. The lowest BCUT2D eigenvalue weighted by Crippen LogP contribution is -2.22. The van der Waals surface area contributed by atoms with Gasteiger partial charge >= 0.3 is 0 Å². The van der Waals surface area contributed by atoms with Gasteiger partial charge in [0.15, 0.2) is 11.6 Å². The van der Waals surface area contributed by atoms with Gasteiger partial charge in [-0.15, -0.1) is 0 Å². The second-order valence-corrected chi connectivity index (χ2v) is 5.98. The molecule has 0 amide bonds. The van der Waals surface area contributed by atoms with E-state index in [1.165, 1.54) is 19.1 Å². The van der Waals surface area contributed by atoms with E-state index in [2.05, 4.69) is 0 Å². The lowest BCUT2D eigenvalue weighted by atomic mass is 10.1. The molecule has 16 heavy (non-hydrogen) atoms. The fourth-order valence-electron chi connectivity index (χ4n) is 1.36. The molecule has 0 aliphatic carbocycles. The maximum atomic E-state index is 13.4. The van der Waals surface area contributed by atoms with E-state index in [0.717, 1.165) is 6.26 Å². The van der Waals surface area contributed by atoms with Crippen LogP contribution < -0.4 is 5.73 Å². The van der Waals surface area contributed by atoms with Crippen molar-refractivity contribution in [3.05, 3.63) is 34.9 Å². The first kappa shape index (κ1) is 13.1. The minimum absolute atomic E-state index is 0.117. The number of rotatable bonds is 3. The van der Waals surface area contributed by atoms with Crippen LogP contribution in [0.4, 0.5) is 8.78 Å². The summed E-state index contributed by atoms with van der Waals surface area (Å²) in [6.07, 6.45) is 0.995. The van der Waals surface area contributed by atoms with Crippen LogP contribution in [0.25, 0.3) is 0 Å². The summed E-state index contributed by atoms with van der Waals surface area (Å²) in [4.78, 5) is 0. The summed E-state index contributed by atoms with van der Waals surface area (Å²) in [5, 5.41) is 0. The molecule has 0 aromatic heterocycles. The van der Waals surface area contributed by atoms with Crippen LogP contribution in [0, 0.1) is 18.6 Å². The molecule has 1 rings (SSSR count). The van der Waals surface area contributed by atoms with Crippen LogP contribution >= 0.6 is 0 Å². The van der Waals surface area contributed by atoms with E-state index < -0.39 is 33.3 Å². The lowest BCUT2D eigenvalue weighted by molar-refractivity contribution is 0.486. The fourth-order valence-corrected chi connectivity index (χ4v) is 2.20. The maximum Gasteiger partial charge on any atom is 0.163 e. The van der Waals surface area contributed by atoms with Gasteiger partial charge < -0.3 is 5.73 Å². The van der Waals surface area contributed by atoms with Gasteiger partial charge in [-0.05, 0) is 12.5 Å². The normalized spacial score (nSPS) is 13.8. The van der Waals surface area contributed by atoms with Gasteiger partial charge in [0, 0.05) is 17.9 Å². The molecule has 0 bridgehead atoms. The van der Waals surface area contributed by atoms with Gasteiger partial charge in [-0.1, -0.05) is 12.1 Å². The van der Waals surface area contributed by atoms with Crippen molar-refractivity contribution in [3.63, 3.8) is 0 Å². The summed E-state index contributed by atoms with van der Waals surface area (Å²) in [6.45, 7) is 1.42. The van der Waals surface area contributed by atoms with Crippen molar-refractivity contribution < 1.29 is 17.2 Å². The van der Waals surface area contributed by atoms with E-state index in [4.69, 9.17) is 5.73 Å². The molecule has 1 aromatic carbocycles. The number of hydrogen-bond acceptors (Lipinski definition) is 3. The molecule has 6 heteroatoms. The zero-order valence-electron chi connectivity index (χ0n) is 9.00. The van der Waals surface area contributed by atoms with Crippen molar-refractivity contribution in [1.29, 1.82) is 0 Å². The second kappa shape index (κ2) is 4.47. The smallest absolute Gasteiger partial charge is 0.163 e. The Kier molecular flexibility index (Phi) is 3.64. The highest BCUT2D eigenvalue weighted by Crippen LogP contribution is 2.21. The molecular formula is C10H13F2NO2S. The first-order valence-corrected chi connectivity index (χ1v) is 6.66. The highest BCUT2D eigenvalue weighted by molar-refractivity contribution is 7.90. The van der Waals surface area contributed by atoms with Crippen molar-refractivity contribution in [2.75, 3.05) is 12.0 Å². The quantitative estimate of drug-likeness (QED) is 0.878. The van der Waals surface area contributed by atoms with Gasteiger partial charge in [0.25, 0.3) is 0 Å². The number of sulfone groups is 1. The van der Waals surface area contributed by atoms with Gasteiger partial charge in [0.2, 0.25) is 0 Å². The molecule has 1 atom stereocenters. The van der Waals surface area contributed by atoms with Gasteiger partial charge in [-0.3, -0.25) is 0 Å². The molecule has 90 valence electrons. The first-order valence-electron chi connectivity index (χ1n) is 4.60. The van der Waals surface area contributed by atoms with E-state index in [1.807, 2.05) is 0 Å². The standard InChI is InChI=1S/C10H13F2NO2S/c1-6-3-4-7(10(12)9(6)11)8(13)5-16(2,14)15/h3-4,8H,5,13H2,1-2H3. The van der Waals surface area contributed by atoms with Gasteiger partial charge in [0.05, 0.1) is 5.75 Å². The SMILES string of the molecule is Cc1ccc(C(N)CS(C)(=O)=O)c(F)c1F. The van der Waals surface area contributed by atoms with E-state index in [9.17, 15) is 17.2 Å². The number of benzene rings is 1. The third-order valence-electron chi connectivity index (χ3n) is 2.19. The van der Waals surface area contributed by atoms with Crippen LogP contribution in [-0.4, -0.2) is 20.4 Å². The highest BCUT2D eigenvalue weighted by atomic mass is 32.2. The van der Waals surface area contributed by atoms with Gasteiger partial charge in [-0.25, -0.2) is 17.2 Å². The third-order valence-corrected chi connectivity index (χ3v) is 3.15. The molecule has 0 saturated heterocycles. The average Bonchev–Trinajstić information content (AvgIpc) is 2.11. The molecule has 0 spiro atoms. The van der Waals surface area contributed by atoms with Crippen molar-refractivity contribution in [3.8, 4) is 0 Å². The van der Waals surface area contributed by atoms with E-state index in [0.29, 0.717) is 0 Å². The summed E-state index contributed by atoms with van der Waals surface area (Å²) < 4.78 is 48.6. The largest absolute Gasteiger partial charge is 0.323 e. The summed E-state index contributed by atoms with van der Waals surface area (Å²) in [6, 6.07) is 1.63. The summed E-state index contributed by atoms with van der Waals surface area (Å²) in [5.41, 5.74) is 5.56. The summed E-state index contributed by atoms with van der Waals surface area (Å²) in [7, 11) is -3.33. The zero-order valence-corrected chi connectivity index (χ0v) is 9.81. The minimum atomic E-state index is -3.33. The van der Waals surface area contributed by atoms with E-state index in [1.54, 1.807) is 0 Å². The fraction of sp³-hybridized carbons (Fsp3) is 0.400. The van der Waals surface area contributed by atoms with Crippen molar-refractivity contribution in [1.82, 2.24) is 0 Å². The maximum absolute atomic E-state index is 13.4. The molecule has 2 N–H and O–H groups in total. The van der Waals surface area contributed by atoms with Crippen LogP contribution in [0.15, 0.2) is 12.1 Å². The Bertz CT molecular complexity index is 500. The molecule has 3 nitrogen and oxygen atoms in total. The Morgan fingerprint density at radius 3 is 2.38 bits per heavy atom. The topological polar surface area (TPSA) is 60.2 Å². The predicted octanol–water partition coefficient (Wildman–Crippen LogP) is 1.32. The molecule has 1 aromatic rings. The summed E-state index contributed by atoms with van der Waals surface area (Å²) in [5.74, 6) is -2.47. The van der Waals surface area contributed by atoms with Crippen molar-refractivity contribution in [2.45, 2.75) is 13.0 Å². The van der Waals surface area contributed by atoms with Crippen LogP contribution in [0.3, 0.4) is 0 Å². The first-order chi connectivity index (χ1) is 7.22. The second-order valence-electron chi connectivity index (χ2n) is 3.80. The number of aryl methyl sites for hydroxylation is 1. The molecule has 0 aliphatic rings. The van der Waals surface area contributed by atoms with E-state index in [-0.39, 0.29) is 11.1 Å². The van der Waals surface area contributed by atoms with Gasteiger partial charge in [-0.2, -0.15) is 0 Å². The third kappa shape index (κ3) is 2.99. The van der Waals surface area contributed by atoms with Crippen LogP contribution in [0.1, 0.15) is 17.2 Å². The average molecular weight is 249 g/mol. The van der Waals surface area contributed by atoms with Crippen LogP contribution in [0.5, 0.6) is 0 Å². The Morgan fingerprint density at radius 2 is 1.88 bits per heavy atom.